The van der Waals surface area contributed by atoms with E-state index in [1.807, 2.05) is 24.3 Å². The number of hydrogen-bond donors (Lipinski definition) is 1. The van der Waals surface area contributed by atoms with E-state index in [-0.39, 0.29) is 0 Å². The van der Waals surface area contributed by atoms with Gasteiger partial charge in [-0.15, -0.1) is 0 Å². The van der Waals surface area contributed by atoms with Gasteiger partial charge in [-0.25, -0.2) is 4.98 Å². The number of likely N-dealkylation sites (tertiary alicyclic amines) is 1. The molecule has 4 rings (SSSR count). The van der Waals surface area contributed by atoms with Gasteiger partial charge < -0.3 is 15.5 Å². The molecule has 3 heterocycles. The molecule has 126 valence electrons. The van der Waals surface area contributed by atoms with Crippen molar-refractivity contribution in [3.63, 3.8) is 0 Å². The lowest BCUT2D eigenvalue weighted by Gasteiger charge is -2.21. The van der Waals surface area contributed by atoms with Crippen LogP contribution in [0.5, 0.6) is 0 Å². The number of hydrogen-bond acceptors (Lipinski definition) is 5. The van der Waals surface area contributed by atoms with Crippen LogP contribution in [0.1, 0.15) is 11.3 Å². The van der Waals surface area contributed by atoms with E-state index in [1.165, 1.54) is 18.7 Å². The normalized spacial score (nSPS) is 23.7. The highest BCUT2D eigenvalue weighted by molar-refractivity contribution is 6.30. The van der Waals surface area contributed by atoms with Crippen LogP contribution in [0.15, 0.2) is 30.3 Å². The molecule has 1 aromatic heterocycles. The minimum absolute atomic E-state index is 0.352. The summed E-state index contributed by atoms with van der Waals surface area (Å²) in [4.78, 5) is 13.7. The number of nitrogens with two attached hydrogens (primary N) is 1. The predicted molar refractivity (Wildman–Crippen MR) is 97.4 cm³/mol. The first kappa shape index (κ1) is 15.7. The molecule has 0 bridgehead atoms. The van der Waals surface area contributed by atoms with Crippen LogP contribution in [0.25, 0.3) is 0 Å². The van der Waals surface area contributed by atoms with E-state index < -0.39 is 0 Å². The van der Waals surface area contributed by atoms with Crippen molar-refractivity contribution in [2.75, 3.05) is 43.9 Å². The largest absolute Gasteiger partial charge is 0.368 e. The lowest BCUT2D eigenvalue weighted by molar-refractivity contribution is 0.387. The Labute approximate surface area is 147 Å². The maximum absolute atomic E-state index is 5.96. The molecule has 0 amide bonds. The molecule has 0 saturated carbocycles. The molecule has 2 aliphatic heterocycles. The summed E-state index contributed by atoms with van der Waals surface area (Å²) in [5.74, 6) is 2.80. The molecule has 2 fully saturated rings. The SMILES string of the molecule is CN1C[C@@H]2CN(c3cc(Cc4ccc(Cl)cc4)nc(N)n3)C[C@@H]2C1. The zero-order chi connectivity index (χ0) is 16.7. The zero-order valence-corrected chi connectivity index (χ0v) is 14.6. The maximum atomic E-state index is 5.96. The third-order valence-corrected chi connectivity index (χ3v) is 5.33. The first-order valence-corrected chi connectivity index (χ1v) is 8.76. The van der Waals surface area contributed by atoms with E-state index in [1.54, 1.807) is 0 Å². The van der Waals surface area contributed by atoms with Gasteiger partial charge in [0.25, 0.3) is 0 Å². The van der Waals surface area contributed by atoms with Gasteiger partial charge in [-0.3, -0.25) is 0 Å². The number of nitrogens with zero attached hydrogens (tertiary/aromatic N) is 4. The van der Waals surface area contributed by atoms with Crippen molar-refractivity contribution in [3.05, 3.63) is 46.6 Å². The average Bonchev–Trinajstić information content (AvgIpc) is 3.06. The standard InChI is InChI=1S/C18H22ClN5/c1-23-8-13-10-24(11-14(13)9-23)17-7-16(21-18(20)22-17)6-12-2-4-15(19)5-3-12/h2-5,7,13-14H,6,8-11H2,1H3,(H2,20,21,22)/t13-,14+. The lowest BCUT2D eigenvalue weighted by atomic mass is 10.0. The molecule has 6 heteroatoms. The van der Waals surface area contributed by atoms with Crippen molar-refractivity contribution in [2.24, 2.45) is 11.8 Å². The Kier molecular flexibility index (Phi) is 4.06. The highest BCUT2D eigenvalue weighted by Crippen LogP contribution is 2.33. The minimum atomic E-state index is 0.352. The minimum Gasteiger partial charge on any atom is -0.368 e. The maximum Gasteiger partial charge on any atom is 0.222 e. The van der Waals surface area contributed by atoms with Crippen molar-refractivity contribution >= 4 is 23.4 Å². The van der Waals surface area contributed by atoms with Crippen molar-refractivity contribution in [1.29, 1.82) is 0 Å². The third-order valence-electron chi connectivity index (χ3n) is 5.07. The van der Waals surface area contributed by atoms with Crippen LogP contribution in [0, 0.1) is 11.8 Å². The summed E-state index contributed by atoms with van der Waals surface area (Å²) in [5, 5.41) is 0.746. The quantitative estimate of drug-likeness (QED) is 0.926. The van der Waals surface area contributed by atoms with Crippen LogP contribution in [-0.2, 0) is 6.42 Å². The van der Waals surface area contributed by atoms with Gasteiger partial charge in [0.05, 0.1) is 5.69 Å². The molecule has 24 heavy (non-hydrogen) atoms. The molecule has 0 radical (unpaired) electrons. The predicted octanol–water partition coefficient (Wildman–Crippen LogP) is 2.30. The fraction of sp³-hybridized carbons (Fsp3) is 0.444. The molecule has 0 spiro atoms. The Morgan fingerprint density at radius 3 is 2.42 bits per heavy atom. The van der Waals surface area contributed by atoms with Gasteiger partial charge in [0.15, 0.2) is 0 Å². The van der Waals surface area contributed by atoms with E-state index in [9.17, 15) is 0 Å². The molecule has 2 aliphatic rings. The number of fused-ring (bicyclic) bond motifs is 1. The number of halogens is 1. The van der Waals surface area contributed by atoms with E-state index in [0.717, 1.165) is 47.9 Å². The van der Waals surface area contributed by atoms with E-state index in [4.69, 9.17) is 17.3 Å². The number of aromatic nitrogens is 2. The van der Waals surface area contributed by atoms with E-state index in [0.29, 0.717) is 5.95 Å². The van der Waals surface area contributed by atoms with Crippen molar-refractivity contribution in [3.8, 4) is 0 Å². The zero-order valence-electron chi connectivity index (χ0n) is 13.8. The number of anilines is 2. The molecule has 2 atom stereocenters. The molecule has 2 aromatic rings. The molecule has 5 nitrogen and oxygen atoms in total. The molecule has 2 N–H and O–H groups in total. The third kappa shape index (κ3) is 3.19. The molecule has 0 aliphatic carbocycles. The summed E-state index contributed by atoms with van der Waals surface area (Å²) in [6.45, 7) is 4.48. The van der Waals surface area contributed by atoms with Crippen LogP contribution in [0.4, 0.5) is 11.8 Å². The molecular weight excluding hydrogens is 322 g/mol. The van der Waals surface area contributed by atoms with Crippen LogP contribution >= 0.6 is 11.6 Å². The summed E-state index contributed by atoms with van der Waals surface area (Å²) in [6.07, 6.45) is 0.736. The van der Waals surface area contributed by atoms with Crippen molar-refractivity contribution in [2.45, 2.75) is 6.42 Å². The molecule has 0 unspecified atom stereocenters. The monoisotopic (exact) mass is 343 g/mol. The smallest absolute Gasteiger partial charge is 0.222 e. The Morgan fingerprint density at radius 2 is 1.75 bits per heavy atom. The second kappa shape index (κ2) is 6.22. The lowest BCUT2D eigenvalue weighted by Crippen LogP contribution is -2.27. The van der Waals surface area contributed by atoms with Gasteiger partial charge >= 0.3 is 0 Å². The summed E-state index contributed by atoms with van der Waals surface area (Å²) in [5.41, 5.74) is 8.09. The Bertz CT molecular complexity index is 719. The Balaban J connectivity index is 1.53. The first-order valence-electron chi connectivity index (χ1n) is 8.38. The average molecular weight is 344 g/mol. The second-order valence-electron chi connectivity index (χ2n) is 7.03. The topological polar surface area (TPSA) is 58.3 Å². The highest BCUT2D eigenvalue weighted by atomic mass is 35.5. The van der Waals surface area contributed by atoms with Crippen molar-refractivity contribution in [1.82, 2.24) is 14.9 Å². The summed E-state index contributed by atoms with van der Waals surface area (Å²) < 4.78 is 0. The summed E-state index contributed by atoms with van der Waals surface area (Å²) in [7, 11) is 2.20. The summed E-state index contributed by atoms with van der Waals surface area (Å²) in [6, 6.07) is 9.93. The number of rotatable bonds is 3. The molecule has 2 saturated heterocycles. The van der Waals surface area contributed by atoms with Gasteiger partial charge in [0, 0.05) is 43.7 Å². The first-order chi connectivity index (χ1) is 11.6. The van der Waals surface area contributed by atoms with Crippen LogP contribution in [-0.4, -0.2) is 48.1 Å². The highest BCUT2D eigenvalue weighted by Gasteiger charge is 2.39. The van der Waals surface area contributed by atoms with E-state index >= 15 is 0 Å². The second-order valence-corrected chi connectivity index (χ2v) is 7.46. The Morgan fingerprint density at radius 1 is 1.08 bits per heavy atom. The van der Waals surface area contributed by atoms with Gasteiger partial charge in [-0.2, -0.15) is 4.98 Å². The number of benzene rings is 1. The van der Waals surface area contributed by atoms with Gasteiger partial charge in [-0.05, 0) is 36.6 Å². The van der Waals surface area contributed by atoms with Gasteiger partial charge in [0.1, 0.15) is 5.82 Å². The molecule has 1 aromatic carbocycles. The molecular formula is C18H22ClN5. The van der Waals surface area contributed by atoms with Gasteiger partial charge in [-0.1, -0.05) is 23.7 Å². The van der Waals surface area contributed by atoms with Gasteiger partial charge in [0.2, 0.25) is 5.95 Å². The fourth-order valence-corrected chi connectivity index (χ4v) is 4.11. The van der Waals surface area contributed by atoms with Crippen LogP contribution in [0.3, 0.4) is 0 Å². The van der Waals surface area contributed by atoms with Crippen LogP contribution < -0.4 is 10.6 Å². The number of nitrogen functional groups attached to an aromatic ring is 1. The van der Waals surface area contributed by atoms with E-state index in [2.05, 4.69) is 32.9 Å². The van der Waals surface area contributed by atoms with Crippen molar-refractivity contribution < 1.29 is 0 Å². The Hall–Kier alpha value is -1.85. The fourth-order valence-electron chi connectivity index (χ4n) is 3.98. The van der Waals surface area contributed by atoms with Crippen LogP contribution in [0.2, 0.25) is 5.02 Å². The summed E-state index contributed by atoms with van der Waals surface area (Å²) >= 11 is 5.95.